The fourth-order valence-electron chi connectivity index (χ4n) is 3.21. The van der Waals surface area contributed by atoms with Crippen molar-refractivity contribution >= 4 is 23.4 Å². The number of anilines is 3. The molecule has 9 heteroatoms. The quantitative estimate of drug-likeness (QED) is 0.410. The monoisotopic (exact) mass is 446 g/mol. The second-order valence-corrected chi connectivity index (χ2v) is 7.24. The van der Waals surface area contributed by atoms with E-state index in [4.69, 9.17) is 5.73 Å². The van der Waals surface area contributed by atoms with Gasteiger partial charge < -0.3 is 5.32 Å². The summed E-state index contributed by atoms with van der Waals surface area (Å²) in [4.78, 5) is 27.7. The SMILES string of the molecule is Cc1ccccc1N(C(=O)Nc1ccc(C(N)(F)F)cc1)c1nccc(-c2cccnc2)n1. The summed E-state index contributed by atoms with van der Waals surface area (Å²) in [5.74, 6) is 0.147. The molecule has 0 aliphatic carbocycles. The number of halogens is 2. The minimum absolute atomic E-state index is 0.147. The zero-order valence-electron chi connectivity index (χ0n) is 17.6. The van der Waals surface area contributed by atoms with E-state index in [-0.39, 0.29) is 11.5 Å². The molecule has 7 nitrogen and oxygen atoms in total. The maximum Gasteiger partial charge on any atom is 0.333 e. The van der Waals surface area contributed by atoms with Gasteiger partial charge in [0.15, 0.2) is 0 Å². The number of pyridine rings is 1. The van der Waals surface area contributed by atoms with Gasteiger partial charge in [-0.1, -0.05) is 18.2 Å². The number of nitrogens with two attached hydrogens (primary N) is 1. The number of para-hydroxylation sites is 1. The van der Waals surface area contributed by atoms with Crippen LogP contribution in [-0.2, 0) is 6.05 Å². The second kappa shape index (κ2) is 9.09. The first-order valence-electron chi connectivity index (χ1n) is 10.0. The first-order valence-corrected chi connectivity index (χ1v) is 10.0. The summed E-state index contributed by atoms with van der Waals surface area (Å²) in [6.45, 7) is 1.86. The number of aryl methyl sites for hydroxylation is 1. The zero-order chi connectivity index (χ0) is 23.4. The van der Waals surface area contributed by atoms with Crippen molar-refractivity contribution in [2.24, 2.45) is 5.73 Å². The Morgan fingerprint density at radius 1 is 1.00 bits per heavy atom. The summed E-state index contributed by atoms with van der Waals surface area (Å²) in [5, 5.41) is 2.71. The van der Waals surface area contributed by atoms with Gasteiger partial charge in [0.05, 0.1) is 11.4 Å². The van der Waals surface area contributed by atoms with Crippen molar-refractivity contribution in [2.75, 3.05) is 10.2 Å². The minimum Gasteiger partial charge on any atom is -0.307 e. The van der Waals surface area contributed by atoms with E-state index in [1.165, 1.54) is 17.0 Å². The number of carbonyl (C=O) groups is 1. The maximum absolute atomic E-state index is 13.3. The van der Waals surface area contributed by atoms with Crippen molar-refractivity contribution in [2.45, 2.75) is 13.0 Å². The molecule has 0 spiro atoms. The standard InChI is InChI=1S/C24H20F2N6O/c1-16-5-2-3-7-21(16)32(22-29-14-12-20(31-22)17-6-4-13-28-15-17)23(33)30-19-10-8-18(9-11-19)24(25,26)27/h2-15H,27H2,1H3,(H,30,33). The zero-order valence-corrected chi connectivity index (χ0v) is 17.6. The van der Waals surface area contributed by atoms with Crippen molar-refractivity contribution in [1.29, 1.82) is 0 Å². The van der Waals surface area contributed by atoms with Crippen LogP contribution in [0.15, 0.2) is 85.3 Å². The highest BCUT2D eigenvalue weighted by atomic mass is 19.3. The maximum atomic E-state index is 13.3. The number of nitrogens with one attached hydrogen (secondary N) is 1. The molecule has 0 saturated carbocycles. The number of benzene rings is 2. The third-order valence-corrected chi connectivity index (χ3v) is 4.88. The molecule has 4 aromatic rings. The minimum atomic E-state index is -3.46. The molecule has 2 amide bonds. The Hall–Kier alpha value is -4.24. The molecule has 0 unspecified atom stereocenters. The molecule has 33 heavy (non-hydrogen) atoms. The Kier molecular flexibility index (Phi) is 6.05. The van der Waals surface area contributed by atoms with Gasteiger partial charge in [-0.2, -0.15) is 8.78 Å². The molecule has 166 valence electrons. The predicted octanol–water partition coefficient (Wildman–Crippen LogP) is 5.23. The number of hydrogen-bond acceptors (Lipinski definition) is 5. The first kappa shape index (κ1) is 22.0. The molecule has 0 atom stereocenters. The van der Waals surface area contributed by atoms with Crippen molar-refractivity contribution < 1.29 is 13.6 Å². The number of aromatic nitrogens is 3. The van der Waals surface area contributed by atoms with E-state index in [9.17, 15) is 13.6 Å². The number of carbonyl (C=O) groups excluding carboxylic acids is 1. The van der Waals surface area contributed by atoms with Gasteiger partial charge >= 0.3 is 12.1 Å². The van der Waals surface area contributed by atoms with Crippen LogP contribution in [0.5, 0.6) is 0 Å². The Morgan fingerprint density at radius 2 is 1.76 bits per heavy atom. The summed E-state index contributed by atoms with van der Waals surface area (Å²) in [5.41, 5.74) is 7.55. The molecule has 2 heterocycles. The summed E-state index contributed by atoms with van der Waals surface area (Å²) >= 11 is 0. The van der Waals surface area contributed by atoms with E-state index >= 15 is 0 Å². The Morgan fingerprint density at radius 3 is 2.42 bits per heavy atom. The van der Waals surface area contributed by atoms with Crippen LogP contribution in [-0.4, -0.2) is 21.0 Å². The van der Waals surface area contributed by atoms with Gasteiger partial charge in [0, 0.05) is 35.4 Å². The third-order valence-electron chi connectivity index (χ3n) is 4.88. The third kappa shape index (κ3) is 4.99. The molecular formula is C24H20F2N6O. The van der Waals surface area contributed by atoms with Crippen LogP contribution in [0.2, 0.25) is 0 Å². The lowest BCUT2D eigenvalue weighted by Gasteiger charge is -2.23. The summed E-state index contributed by atoms with van der Waals surface area (Å²) in [6.07, 6.45) is 4.88. The number of urea groups is 1. The lowest BCUT2D eigenvalue weighted by molar-refractivity contribution is 0.00300. The first-order chi connectivity index (χ1) is 15.8. The number of nitrogens with zero attached hydrogens (tertiary/aromatic N) is 4. The summed E-state index contributed by atoms with van der Waals surface area (Å²) < 4.78 is 26.6. The van der Waals surface area contributed by atoms with Gasteiger partial charge in [-0.3, -0.25) is 10.7 Å². The number of alkyl halides is 2. The lowest BCUT2D eigenvalue weighted by atomic mass is 10.1. The highest BCUT2D eigenvalue weighted by molar-refractivity contribution is 6.06. The van der Waals surface area contributed by atoms with Gasteiger partial charge in [-0.15, -0.1) is 0 Å². The van der Waals surface area contributed by atoms with Crippen molar-refractivity contribution in [1.82, 2.24) is 15.0 Å². The van der Waals surface area contributed by atoms with Crippen LogP contribution in [0.25, 0.3) is 11.3 Å². The molecule has 0 aliphatic heterocycles. The second-order valence-electron chi connectivity index (χ2n) is 7.24. The predicted molar refractivity (Wildman–Crippen MR) is 122 cm³/mol. The molecule has 0 aliphatic rings. The van der Waals surface area contributed by atoms with Crippen molar-refractivity contribution in [3.05, 3.63) is 96.4 Å². The van der Waals surface area contributed by atoms with Crippen LogP contribution in [0.4, 0.5) is 30.9 Å². The average molecular weight is 446 g/mol. The highest BCUT2D eigenvalue weighted by Gasteiger charge is 2.26. The lowest BCUT2D eigenvalue weighted by Crippen LogP contribution is -2.33. The summed E-state index contributed by atoms with van der Waals surface area (Å²) in [6, 6.07) is 13.7. The summed E-state index contributed by atoms with van der Waals surface area (Å²) in [7, 11) is 0. The van der Waals surface area contributed by atoms with Crippen LogP contribution in [0.3, 0.4) is 0 Å². The van der Waals surface area contributed by atoms with Crippen LogP contribution >= 0.6 is 0 Å². The van der Waals surface area contributed by atoms with Gasteiger partial charge in [-0.25, -0.2) is 19.7 Å². The molecule has 0 fully saturated rings. The topological polar surface area (TPSA) is 97.0 Å². The molecule has 2 aromatic heterocycles. The van der Waals surface area contributed by atoms with E-state index in [1.54, 1.807) is 42.9 Å². The Labute approximate surface area is 188 Å². The van der Waals surface area contributed by atoms with Gasteiger partial charge in [-0.05, 0) is 61.0 Å². The van der Waals surface area contributed by atoms with E-state index in [0.29, 0.717) is 17.1 Å². The van der Waals surface area contributed by atoms with E-state index < -0.39 is 12.1 Å². The van der Waals surface area contributed by atoms with Gasteiger partial charge in [0.2, 0.25) is 5.95 Å². The highest BCUT2D eigenvalue weighted by Crippen LogP contribution is 2.29. The van der Waals surface area contributed by atoms with Crippen LogP contribution < -0.4 is 16.0 Å². The van der Waals surface area contributed by atoms with Crippen molar-refractivity contribution in [3.63, 3.8) is 0 Å². The number of hydrogen-bond donors (Lipinski definition) is 2. The average Bonchev–Trinajstić information content (AvgIpc) is 2.81. The Bertz CT molecular complexity index is 1260. The Balaban J connectivity index is 1.71. The van der Waals surface area contributed by atoms with Crippen LogP contribution in [0.1, 0.15) is 11.1 Å². The van der Waals surface area contributed by atoms with Gasteiger partial charge in [0.25, 0.3) is 0 Å². The largest absolute Gasteiger partial charge is 0.333 e. The molecule has 4 rings (SSSR count). The van der Waals surface area contributed by atoms with Crippen molar-refractivity contribution in [3.8, 4) is 11.3 Å². The molecular weight excluding hydrogens is 426 g/mol. The smallest absolute Gasteiger partial charge is 0.307 e. The number of rotatable bonds is 5. The van der Waals surface area contributed by atoms with E-state index in [1.807, 2.05) is 25.1 Å². The van der Waals surface area contributed by atoms with Crippen LogP contribution in [0, 0.1) is 6.92 Å². The normalized spacial score (nSPS) is 11.2. The van der Waals surface area contributed by atoms with E-state index in [0.717, 1.165) is 23.3 Å². The molecule has 3 N–H and O–H groups in total. The molecule has 0 saturated heterocycles. The molecule has 0 radical (unpaired) electrons. The fraction of sp³-hybridized carbons (Fsp3) is 0.0833. The molecule has 0 bridgehead atoms. The fourth-order valence-corrected chi connectivity index (χ4v) is 3.21. The van der Waals surface area contributed by atoms with E-state index in [2.05, 4.69) is 20.3 Å². The molecule has 2 aromatic carbocycles. The number of amides is 2. The van der Waals surface area contributed by atoms with Gasteiger partial charge in [0.1, 0.15) is 0 Å².